The van der Waals surface area contributed by atoms with Gasteiger partial charge in [0.05, 0.1) is 10.2 Å². The molecule has 0 radical (unpaired) electrons. The van der Waals surface area contributed by atoms with Gasteiger partial charge in [-0.25, -0.2) is 4.98 Å². The minimum absolute atomic E-state index is 0.272. The van der Waals surface area contributed by atoms with Gasteiger partial charge >= 0.3 is 0 Å². The van der Waals surface area contributed by atoms with Crippen molar-refractivity contribution in [1.82, 2.24) is 14.5 Å². The van der Waals surface area contributed by atoms with Crippen molar-refractivity contribution in [2.24, 2.45) is 7.05 Å². The lowest BCUT2D eigenvalue weighted by atomic mass is 10.2. The Morgan fingerprint density at radius 1 is 1.18 bits per heavy atom. The van der Waals surface area contributed by atoms with E-state index < -0.39 is 0 Å². The van der Waals surface area contributed by atoms with Crippen LogP contribution in [0.15, 0.2) is 41.9 Å². The Labute approximate surface area is 136 Å². The van der Waals surface area contributed by atoms with Gasteiger partial charge in [0.2, 0.25) is 5.28 Å². The van der Waals surface area contributed by atoms with Crippen molar-refractivity contribution in [3.8, 4) is 0 Å². The molecule has 0 aliphatic carbocycles. The number of aromatic nitrogens is 3. The van der Waals surface area contributed by atoms with Gasteiger partial charge in [0.15, 0.2) is 5.82 Å². The zero-order valence-corrected chi connectivity index (χ0v) is 13.7. The molecule has 110 valence electrons. The number of rotatable bonds is 2. The number of aryl methyl sites for hydroxylation is 1. The molecule has 1 aromatic carbocycles. The number of benzene rings is 1. The first kappa shape index (κ1) is 13.5. The average molecular weight is 329 g/mol. The third kappa shape index (κ3) is 2.05. The molecule has 0 unspecified atom stereocenters. The summed E-state index contributed by atoms with van der Waals surface area (Å²) in [4.78, 5) is 10.7. The van der Waals surface area contributed by atoms with Crippen molar-refractivity contribution in [2.75, 3.05) is 11.9 Å². The van der Waals surface area contributed by atoms with E-state index in [4.69, 9.17) is 11.6 Å². The second kappa shape index (κ2) is 4.97. The van der Waals surface area contributed by atoms with Gasteiger partial charge in [-0.05, 0) is 47.3 Å². The summed E-state index contributed by atoms with van der Waals surface area (Å²) in [5, 5.41) is 3.48. The van der Waals surface area contributed by atoms with Gasteiger partial charge < -0.3 is 9.47 Å². The van der Waals surface area contributed by atoms with E-state index in [-0.39, 0.29) is 5.28 Å². The van der Waals surface area contributed by atoms with Crippen LogP contribution in [0.4, 0.5) is 11.5 Å². The molecular formula is C16H13ClN4S. The maximum absolute atomic E-state index is 6.06. The van der Waals surface area contributed by atoms with Gasteiger partial charge in [-0.3, -0.25) is 0 Å². The Morgan fingerprint density at radius 3 is 2.91 bits per heavy atom. The standard InChI is InChI=1S/C16H13ClN4S/c1-20-7-5-10-9-11(3-4-13(10)20)21(2)15-14-12(6-8-22-14)18-16(17)19-15/h3-9H,1-2H3. The molecule has 0 saturated heterocycles. The number of thiophene rings is 1. The molecule has 6 heteroatoms. The first-order valence-corrected chi connectivity index (χ1v) is 8.09. The van der Waals surface area contributed by atoms with Crippen molar-refractivity contribution in [3.63, 3.8) is 0 Å². The second-order valence-electron chi connectivity index (χ2n) is 5.18. The van der Waals surface area contributed by atoms with Gasteiger partial charge in [0.25, 0.3) is 0 Å². The van der Waals surface area contributed by atoms with E-state index >= 15 is 0 Å². The van der Waals surface area contributed by atoms with Crippen LogP contribution in [0.5, 0.6) is 0 Å². The topological polar surface area (TPSA) is 34.0 Å². The molecule has 0 atom stereocenters. The highest BCUT2D eigenvalue weighted by molar-refractivity contribution is 7.17. The number of nitrogens with zero attached hydrogens (tertiary/aromatic N) is 4. The molecule has 0 bridgehead atoms. The lowest BCUT2D eigenvalue weighted by Gasteiger charge is -2.19. The number of anilines is 2. The summed E-state index contributed by atoms with van der Waals surface area (Å²) in [6.45, 7) is 0. The van der Waals surface area contributed by atoms with Crippen LogP contribution in [0, 0.1) is 0 Å². The van der Waals surface area contributed by atoms with Gasteiger partial charge in [-0.2, -0.15) is 4.98 Å². The van der Waals surface area contributed by atoms with Crippen molar-refractivity contribution in [2.45, 2.75) is 0 Å². The van der Waals surface area contributed by atoms with E-state index in [0.29, 0.717) is 0 Å². The van der Waals surface area contributed by atoms with Crippen LogP contribution in [0.1, 0.15) is 0 Å². The van der Waals surface area contributed by atoms with E-state index in [9.17, 15) is 0 Å². The van der Waals surface area contributed by atoms with E-state index in [1.807, 2.05) is 25.5 Å². The van der Waals surface area contributed by atoms with Crippen LogP contribution in [-0.4, -0.2) is 21.6 Å². The predicted octanol–water partition coefficient (Wildman–Crippen LogP) is 4.60. The molecule has 0 aliphatic rings. The van der Waals surface area contributed by atoms with Crippen LogP contribution in [0.2, 0.25) is 5.28 Å². The third-order valence-corrected chi connectivity index (χ3v) is 4.90. The van der Waals surface area contributed by atoms with Crippen LogP contribution in [0.3, 0.4) is 0 Å². The third-order valence-electron chi connectivity index (χ3n) is 3.83. The highest BCUT2D eigenvalue weighted by Gasteiger charge is 2.14. The molecule has 0 amide bonds. The quantitative estimate of drug-likeness (QED) is 0.504. The smallest absolute Gasteiger partial charge is 0.224 e. The average Bonchev–Trinajstić information content (AvgIpc) is 3.12. The summed E-state index contributed by atoms with van der Waals surface area (Å²) in [5.74, 6) is 0.834. The molecular weight excluding hydrogens is 316 g/mol. The summed E-state index contributed by atoms with van der Waals surface area (Å²) in [7, 11) is 4.05. The van der Waals surface area contributed by atoms with E-state index in [1.54, 1.807) is 11.3 Å². The number of halogens is 1. The van der Waals surface area contributed by atoms with Crippen molar-refractivity contribution < 1.29 is 0 Å². The molecule has 0 fully saturated rings. The summed E-state index contributed by atoms with van der Waals surface area (Å²) < 4.78 is 3.15. The molecule has 0 saturated carbocycles. The fraction of sp³-hybridized carbons (Fsp3) is 0.125. The van der Waals surface area contributed by atoms with Crippen LogP contribution < -0.4 is 4.90 Å². The van der Waals surface area contributed by atoms with Gasteiger partial charge in [-0.1, -0.05) is 0 Å². The molecule has 4 rings (SSSR count). The monoisotopic (exact) mass is 328 g/mol. The maximum Gasteiger partial charge on any atom is 0.224 e. The SMILES string of the molecule is CN(c1ccc2c(ccn2C)c1)c1nc(Cl)nc2ccsc12. The number of fused-ring (bicyclic) bond motifs is 2. The molecule has 22 heavy (non-hydrogen) atoms. The molecule has 3 aromatic heterocycles. The minimum atomic E-state index is 0.272. The lowest BCUT2D eigenvalue weighted by molar-refractivity contribution is 0.969. The van der Waals surface area contributed by atoms with Crippen molar-refractivity contribution in [1.29, 1.82) is 0 Å². The second-order valence-corrected chi connectivity index (χ2v) is 6.43. The van der Waals surface area contributed by atoms with E-state index in [1.165, 1.54) is 10.9 Å². The molecule has 0 spiro atoms. The van der Waals surface area contributed by atoms with Crippen LogP contribution in [-0.2, 0) is 7.05 Å². The zero-order valence-electron chi connectivity index (χ0n) is 12.1. The zero-order chi connectivity index (χ0) is 15.3. The van der Waals surface area contributed by atoms with E-state index in [0.717, 1.165) is 21.7 Å². The van der Waals surface area contributed by atoms with Crippen molar-refractivity contribution in [3.05, 3.63) is 47.2 Å². The molecule has 0 aliphatic heterocycles. The first-order chi connectivity index (χ1) is 10.6. The van der Waals surface area contributed by atoms with Gasteiger partial charge in [0, 0.05) is 36.9 Å². The minimum Gasteiger partial charge on any atom is -0.351 e. The predicted molar refractivity (Wildman–Crippen MR) is 93.4 cm³/mol. The lowest BCUT2D eigenvalue weighted by Crippen LogP contribution is -2.11. The molecule has 3 heterocycles. The number of hydrogen-bond acceptors (Lipinski definition) is 4. The Hall–Kier alpha value is -2.11. The molecule has 4 nitrogen and oxygen atoms in total. The maximum atomic E-state index is 6.06. The Kier molecular flexibility index (Phi) is 3.06. The Morgan fingerprint density at radius 2 is 2.05 bits per heavy atom. The van der Waals surface area contributed by atoms with Gasteiger partial charge in [-0.15, -0.1) is 11.3 Å². The van der Waals surface area contributed by atoms with E-state index in [2.05, 4.69) is 49.9 Å². The van der Waals surface area contributed by atoms with Crippen molar-refractivity contribution >= 4 is 55.6 Å². The van der Waals surface area contributed by atoms with Crippen LogP contribution in [0.25, 0.3) is 21.1 Å². The summed E-state index contributed by atoms with van der Waals surface area (Å²) in [6.07, 6.45) is 2.06. The first-order valence-electron chi connectivity index (χ1n) is 6.83. The highest BCUT2D eigenvalue weighted by Crippen LogP contribution is 2.34. The molecule has 4 aromatic rings. The fourth-order valence-electron chi connectivity index (χ4n) is 2.65. The van der Waals surface area contributed by atoms with Gasteiger partial charge in [0.1, 0.15) is 0 Å². The van der Waals surface area contributed by atoms with Crippen LogP contribution >= 0.6 is 22.9 Å². The Bertz CT molecular complexity index is 988. The molecule has 0 N–H and O–H groups in total. The number of hydrogen-bond donors (Lipinski definition) is 0. The highest BCUT2D eigenvalue weighted by atomic mass is 35.5. The summed E-state index contributed by atoms with van der Waals surface area (Å²) in [5.41, 5.74) is 3.16. The largest absolute Gasteiger partial charge is 0.351 e. The normalized spacial score (nSPS) is 11.4. The fourth-order valence-corrected chi connectivity index (χ4v) is 3.67. The summed E-state index contributed by atoms with van der Waals surface area (Å²) >= 11 is 7.69. The summed E-state index contributed by atoms with van der Waals surface area (Å²) in [6, 6.07) is 10.4. The Balaban J connectivity index is 1.87.